The number of aryl methyl sites for hydroxylation is 2. The molecule has 0 fully saturated rings. The van der Waals surface area contributed by atoms with Crippen molar-refractivity contribution in [2.24, 2.45) is 5.10 Å². The van der Waals surface area contributed by atoms with Gasteiger partial charge in [0.1, 0.15) is 11.4 Å². The number of rotatable bonds is 4. The summed E-state index contributed by atoms with van der Waals surface area (Å²) in [5, 5.41) is 4.63. The largest absolute Gasteiger partial charge is 0.289 e. The maximum atomic E-state index is 12.8. The summed E-state index contributed by atoms with van der Waals surface area (Å²) in [7, 11) is 0. The van der Waals surface area contributed by atoms with Crippen molar-refractivity contribution in [3.63, 3.8) is 0 Å². The highest BCUT2D eigenvalue weighted by Crippen LogP contribution is 2.33. The zero-order valence-electron chi connectivity index (χ0n) is 14.4. The lowest BCUT2D eigenvalue weighted by Gasteiger charge is -2.10. The Labute approximate surface area is 168 Å². The fourth-order valence-corrected chi connectivity index (χ4v) is 4.89. The first-order chi connectivity index (χ1) is 13.1. The van der Waals surface area contributed by atoms with Gasteiger partial charge < -0.3 is 0 Å². The first-order valence-electron chi connectivity index (χ1n) is 8.69. The normalized spacial score (nSPS) is 13.8. The first kappa shape index (κ1) is 18.1. The van der Waals surface area contributed by atoms with E-state index < -0.39 is 0 Å². The zero-order valence-corrected chi connectivity index (χ0v) is 16.8. The highest BCUT2D eigenvalue weighted by atomic mass is 79.9. The van der Waals surface area contributed by atoms with Crippen molar-refractivity contribution in [3.05, 3.63) is 61.4 Å². The van der Waals surface area contributed by atoms with Gasteiger partial charge in [-0.1, -0.05) is 28.1 Å². The van der Waals surface area contributed by atoms with E-state index in [0.717, 1.165) is 46.1 Å². The van der Waals surface area contributed by atoms with Crippen LogP contribution in [0.1, 0.15) is 28.8 Å². The van der Waals surface area contributed by atoms with Gasteiger partial charge in [0.05, 0.1) is 17.9 Å². The maximum Gasteiger partial charge on any atom is 0.262 e. The molecule has 1 N–H and O–H groups in total. The second-order valence-corrected chi connectivity index (χ2v) is 8.42. The lowest BCUT2D eigenvalue weighted by Crippen LogP contribution is -2.30. The number of thiophene rings is 1. The minimum Gasteiger partial charge on any atom is -0.289 e. The third-order valence-electron chi connectivity index (χ3n) is 4.51. The SMILES string of the molecule is O=C(Cn1cnc2sc3c(c2c1=O)CCCC3)N/N=C/c1cccc(Br)c1. The summed E-state index contributed by atoms with van der Waals surface area (Å²) < 4.78 is 2.29. The summed E-state index contributed by atoms with van der Waals surface area (Å²) in [5.41, 5.74) is 4.30. The van der Waals surface area contributed by atoms with Crippen LogP contribution in [0.25, 0.3) is 10.2 Å². The topological polar surface area (TPSA) is 76.3 Å². The summed E-state index contributed by atoms with van der Waals surface area (Å²) in [6.07, 6.45) is 7.19. The van der Waals surface area contributed by atoms with E-state index in [0.29, 0.717) is 5.39 Å². The Bertz CT molecular complexity index is 1100. The molecule has 0 saturated heterocycles. The van der Waals surface area contributed by atoms with Crippen LogP contribution in [0.3, 0.4) is 0 Å². The van der Waals surface area contributed by atoms with E-state index in [2.05, 4.69) is 31.4 Å². The zero-order chi connectivity index (χ0) is 18.8. The average molecular weight is 445 g/mol. The van der Waals surface area contributed by atoms with Crippen LogP contribution < -0.4 is 11.0 Å². The van der Waals surface area contributed by atoms with Gasteiger partial charge in [-0.25, -0.2) is 10.4 Å². The molecule has 1 aliphatic rings. The second-order valence-electron chi connectivity index (χ2n) is 6.42. The molecule has 0 spiro atoms. The number of nitrogens with one attached hydrogen (secondary N) is 1. The number of hydrogen-bond acceptors (Lipinski definition) is 5. The summed E-state index contributed by atoms with van der Waals surface area (Å²) >= 11 is 4.99. The quantitative estimate of drug-likeness (QED) is 0.495. The van der Waals surface area contributed by atoms with Crippen molar-refractivity contribution in [1.82, 2.24) is 15.0 Å². The standard InChI is InChI=1S/C19H17BrN4O2S/c20-13-5-3-4-12(8-13)9-22-23-16(25)10-24-11-21-18-17(19(24)26)14-6-1-2-7-15(14)27-18/h3-5,8-9,11H,1-2,6-7,10H2,(H,23,25)/b22-9+. The van der Waals surface area contributed by atoms with E-state index in [1.165, 1.54) is 15.8 Å². The van der Waals surface area contributed by atoms with Crippen molar-refractivity contribution >= 4 is 49.6 Å². The number of nitrogens with zero attached hydrogens (tertiary/aromatic N) is 3. The summed E-state index contributed by atoms with van der Waals surface area (Å²) in [5.74, 6) is -0.367. The molecule has 2 aromatic heterocycles. The number of hydrogen-bond donors (Lipinski definition) is 1. The molecule has 2 heterocycles. The van der Waals surface area contributed by atoms with Gasteiger partial charge in [-0.05, 0) is 48.9 Å². The van der Waals surface area contributed by atoms with Gasteiger partial charge in [-0.3, -0.25) is 14.2 Å². The lowest BCUT2D eigenvalue weighted by atomic mass is 9.97. The van der Waals surface area contributed by atoms with Gasteiger partial charge in [0, 0.05) is 9.35 Å². The Morgan fingerprint density at radius 3 is 3.07 bits per heavy atom. The molecule has 27 heavy (non-hydrogen) atoms. The average Bonchev–Trinajstić information content (AvgIpc) is 3.03. The molecule has 1 aromatic carbocycles. The van der Waals surface area contributed by atoms with E-state index in [9.17, 15) is 9.59 Å². The van der Waals surface area contributed by atoms with E-state index in [-0.39, 0.29) is 18.0 Å². The number of carbonyl (C=O) groups is 1. The van der Waals surface area contributed by atoms with Gasteiger partial charge in [0.25, 0.3) is 11.5 Å². The summed E-state index contributed by atoms with van der Waals surface area (Å²) in [6, 6.07) is 7.56. The Kier molecular flexibility index (Phi) is 5.18. The number of aromatic nitrogens is 2. The number of benzene rings is 1. The summed E-state index contributed by atoms with van der Waals surface area (Å²) in [6.45, 7) is -0.109. The number of halogens is 1. The van der Waals surface area contributed by atoms with Crippen molar-refractivity contribution in [1.29, 1.82) is 0 Å². The van der Waals surface area contributed by atoms with Crippen LogP contribution in [0.15, 0.2) is 45.0 Å². The molecule has 0 unspecified atom stereocenters. The third-order valence-corrected chi connectivity index (χ3v) is 6.20. The van der Waals surface area contributed by atoms with E-state index in [1.54, 1.807) is 17.6 Å². The van der Waals surface area contributed by atoms with Crippen LogP contribution in [-0.4, -0.2) is 21.7 Å². The van der Waals surface area contributed by atoms with Crippen LogP contribution in [0.2, 0.25) is 0 Å². The predicted molar refractivity (Wildman–Crippen MR) is 110 cm³/mol. The number of amides is 1. The third kappa shape index (κ3) is 3.86. The molecule has 0 saturated carbocycles. The Hall–Kier alpha value is -2.32. The van der Waals surface area contributed by atoms with E-state index in [1.807, 2.05) is 24.3 Å². The van der Waals surface area contributed by atoms with Gasteiger partial charge >= 0.3 is 0 Å². The molecule has 0 radical (unpaired) electrons. The van der Waals surface area contributed by atoms with Crippen molar-refractivity contribution in [3.8, 4) is 0 Å². The van der Waals surface area contributed by atoms with Gasteiger partial charge in [0.2, 0.25) is 0 Å². The van der Waals surface area contributed by atoms with Crippen molar-refractivity contribution in [2.45, 2.75) is 32.2 Å². The number of fused-ring (bicyclic) bond motifs is 3. The number of carbonyl (C=O) groups excluding carboxylic acids is 1. The van der Waals surface area contributed by atoms with Crippen molar-refractivity contribution in [2.75, 3.05) is 0 Å². The molecule has 4 rings (SSSR count). The van der Waals surface area contributed by atoms with Crippen molar-refractivity contribution < 1.29 is 4.79 Å². The highest BCUT2D eigenvalue weighted by molar-refractivity contribution is 9.10. The molecule has 0 aliphatic heterocycles. The van der Waals surface area contributed by atoms with Gasteiger partial charge in [0.15, 0.2) is 0 Å². The molecule has 0 atom stereocenters. The molecule has 1 amide bonds. The van der Waals surface area contributed by atoms with Gasteiger partial charge in [-0.2, -0.15) is 5.10 Å². The molecular weight excluding hydrogens is 428 g/mol. The molecule has 1 aliphatic carbocycles. The molecule has 138 valence electrons. The van der Waals surface area contributed by atoms with Crippen LogP contribution in [-0.2, 0) is 24.2 Å². The second kappa shape index (κ2) is 7.74. The van der Waals surface area contributed by atoms with Crippen LogP contribution in [0, 0.1) is 0 Å². The fourth-order valence-electron chi connectivity index (χ4n) is 3.25. The molecule has 3 aromatic rings. The molecule has 0 bridgehead atoms. The maximum absolute atomic E-state index is 12.8. The smallest absolute Gasteiger partial charge is 0.262 e. The summed E-state index contributed by atoms with van der Waals surface area (Å²) in [4.78, 5) is 31.4. The molecule has 8 heteroatoms. The first-order valence-corrected chi connectivity index (χ1v) is 10.3. The van der Waals surface area contributed by atoms with Crippen LogP contribution in [0.5, 0.6) is 0 Å². The molecular formula is C19H17BrN4O2S. The minimum atomic E-state index is -0.367. The minimum absolute atomic E-state index is 0.109. The van der Waals surface area contributed by atoms with Gasteiger partial charge in [-0.15, -0.1) is 11.3 Å². The van der Waals surface area contributed by atoms with E-state index in [4.69, 9.17) is 0 Å². The van der Waals surface area contributed by atoms with Crippen LogP contribution in [0.4, 0.5) is 0 Å². The van der Waals surface area contributed by atoms with Crippen LogP contribution >= 0.6 is 27.3 Å². The predicted octanol–water partition coefficient (Wildman–Crippen LogP) is 3.25. The monoisotopic (exact) mass is 444 g/mol. The fraction of sp³-hybridized carbons (Fsp3) is 0.263. The Balaban J connectivity index is 1.50. The molecule has 6 nitrogen and oxygen atoms in total. The Morgan fingerprint density at radius 2 is 2.22 bits per heavy atom. The van der Waals surface area contributed by atoms with E-state index >= 15 is 0 Å². The lowest BCUT2D eigenvalue weighted by molar-refractivity contribution is -0.121. The number of hydrazone groups is 1. The Morgan fingerprint density at radius 1 is 1.37 bits per heavy atom. The highest BCUT2D eigenvalue weighted by Gasteiger charge is 2.20.